The van der Waals surface area contributed by atoms with Crippen molar-refractivity contribution in [2.45, 2.75) is 76.9 Å². The summed E-state index contributed by atoms with van der Waals surface area (Å²) in [6.07, 6.45) is 7.86. The molecule has 0 unspecified atom stereocenters. The molecular formula is C32H37BN4O2+. The van der Waals surface area contributed by atoms with Crippen LogP contribution < -0.4 is 5.46 Å². The number of benzene rings is 2. The quantitative estimate of drug-likeness (QED) is 0.215. The van der Waals surface area contributed by atoms with Crippen LogP contribution in [0.3, 0.4) is 0 Å². The van der Waals surface area contributed by atoms with Crippen molar-refractivity contribution < 1.29 is 9.76 Å². The first-order valence-electron chi connectivity index (χ1n) is 13.8. The number of hydrogen-bond acceptors (Lipinski definition) is 5. The highest BCUT2D eigenvalue weighted by Gasteiger charge is 2.40. The molecule has 2 N–H and O–H groups in total. The minimum absolute atomic E-state index is 0.382. The van der Waals surface area contributed by atoms with Crippen molar-refractivity contribution in [3.63, 3.8) is 0 Å². The summed E-state index contributed by atoms with van der Waals surface area (Å²) in [6, 6.07) is 22.3. The largest absolute Gasteiger partial charge is 0.439 e. The SMILES string of the molecule is CC(C)([OH2+])C(C)(C)O[B]c1ccc(-c2ccc(-c3nc(-c4ccccc4)nc(C4CCCCC4)n3)cn2)cc1. The van der Waals surface area contributed by atoms with Gasteiger partial charge in [-0.3, -0.25) is 4.98 Å². The van der Waals surface area contributed by atoms with E-state index >= 15 is 0 Å². The van der Waals surface area contributed by atoms with Gasteiger partial charge in [-0.05, 0) is 38.8 Å². The molecule has 0 saturated heterocycles. The average molecular weight is 520 g/mol. The summed E-state index contributed by atoms with van der Waals surface area (Å²) in [7, 11) is 1.73. The number of rotatable bonds is 8. The third kappa shape index (κ3) is 6.43. The van der Waals surface area contributed by atoms with Gasteiger partial charge in [0.05, 0.1) is 5.69 Å². The van der Waals surface area contributed by atoms with Crippen LogP contribution in [0.5, 0.6) is 0 Å². The van der Waals surface area contributed by atoms with E-state index < -0.39 is 11.2 Å². The van der Waals surface area contributed by atoms with Crippen molar-refractivity contribution in [2.24, 2.45) is 0 Å². The van der Waals surface area contributed by atoms with E-state index in [1.807, 2.05) is 101 Å². The Hall–Kier alpha value is -3.42. The summed E-state index contributed by atoms with van der Waals surface area (Å²) in [4.78, 5) is 19.4. The highest BCUT2D eigenvalue weighted by molar-refractivity contribution is 6.47. The molecule has 39 heavy (non-hydrogen) atoms. The maximum atomic E-state index is 8.28. The summed E-state index contributed by atoms with van der Waals surface area (Å²) in [5.41, 5.74) is 3.40. The predicted octanol–water partition coefficient (Wildman–Crippen LogP) is 5.86. The van der Waals surface area contributed by atoms with E-state index in [0.717, 1.165) is 52.3 Å². The molecule has 6 nitrogen and oxygen atoms in total. The van der Waals surface area contributed by atoms with Crippen LogP contribution in [-0.2, 0) is 4.65 Å². The van der Waals surface area contributed by atoms with Crippen molar-refractivity contribution in [3.8, 4) is 34.0 Å². The van der Waals surface area contributed by atoms with Crippen LogP contribution in [0.15, 0.2) is 72.9 Å². The van der Waals surface area contributed by atoms with Crippen LogP contribution in [0, 0.1) is 0 Å². The Morgan fingerprint density at radius 2 is 1.38 bits per heavy atom. The van der Waals surface area contributed by atoms with Crippen molar-refractivity contribution in [1.29, 1.82) is 0 Å². The lowest BCUT2D eigenvalue weighted by molar-refractivity contribution is -0.0893. The minimum Gasteiger partial charge on any atom is -0.439 e. The Kier molecular flexibility index (Phi) is 7.92. The number of aromatic nitrogens is 4. The fourth-order valence-corrected chi connectivity index (χ4v) is 4.57. The predicted molar refractivity (Wildman–Crippen MR) is 158 cm³/mol. The lowest BCUT2D eigenvalue weighted by Crippen LogP contribution is -2.49. The number of nitrogens with zero attached hydrogens (tertiary/aromatic N) is 4. The van der Waals surface area contributed by atoms with Gasteiger partial charge in [-0.15, -0.1) is 0 Å². The molecule has 0 spiro atoms. The van der Waals surface area contributed by atoms with E-state index in [1.54, 1.807) is 7.48 Å². The van der Waals surface area contributed by atoms with Crippen molar-refractivity contribution in [1.82, 2.24) is 19.9 Å². The van der Waals surface area contributed by atoms with Crippen LogP contribution in [0.25, 0.3) is 34.0 Å². The lowest BCUT2D eigenvalue weighted by atomic mass is 9.82. The Morgan fingerprint density at radius 3 is 2.00 bits per heavy atom. The van der Waals surface area contributed by atoms with Crippen LogP contribution >= 0.6 is 0 Å². The molecule has 0 amide bonds. The van der Waals surface area contributed by atoms with Gasteiger partial charge in [0, 0.05) is 42.7 Å². The molecule has 5 rings (SSSR count). The molecule has 1 radical (unpaired) electrons. The molecule has 0 atom stereocenters. The van der Waals surface area contributed by atoms with Gasteiger partial charge in [0.15, 0.2) is 17.2 Å². The Labute approximate surface area is 232 Å². The smallest absolute Gasteiger partial charge is 0.331 e. The van der Waals surface area contributed by atoms with Gasteiger partial charge in [-0.2, -0.15) is 0 Å². The first kappa shape index (κ1) is 27.2. The normalized spacial score (nSPS) is 14.8. The summed E-state index contributed by atoms with van der Waals surface area (Å²) >= 11 is 0. The molecular weight excluding hydrogens is 483 g/mol. The molecule has 2 aromatic carbocycles. The Bertz CT molecular complexity index is 1380. The molecule has 1 fully saturated rings. The van der Waals surface area contributed by atoms with Gasteiger partial charge in [0.25, 0.3) is 0 Å². The highest BCUT2D eigenvalue weighted by Crippen LogP contribution is 2.33. The molecule has 1 saturated carbocycles. The third-order valence-corrected chi connectivity index (χ3v) is 7.88. The highest BCUT2D eigenvalue weighted by atomic mass is 16.5. The van der Waals surface area contributed by atoms with E-state index in [1.165, 1.54) is 19.3 Å². The molecule has 4 aromatic rings. The summed E-state index contributed by atoms with van der Waals surface area (Å²) in [6.45, 7) is 7.58. The second-order valence-electron chi connectivity index (χ2n) is 11.5. The molecule has 7 heteroatoms. The number of hydrogen-bond donors (Lipinski definition) is 0. The lowest BCUT2D eigenvalue weighted by Gasteiger charge is -2.33. The van der Waals surface area contributed by atoms with Crippen molar-refractivity contribution in [2.75, 3.05) is 0 Å². The topological polar surface area (TPSA) is 83.7 Å². The summed E-state index contributed by atoms with van der Waals surface area (Å²) in [5, 5.41) is 8.28. The van der Waals surface area contributed by atoms with E-state index in [0.29, 0.717) is 11.7 Å². The summed E-state index contributed by atoms with van der Waals surface area (Å²) < 4.78 is 5.94. The fourth-order valence-electron chi connectivity index (χ4n) is 4.57. The summed E-state index contributed by atoms with van der Waals surface area (Å²) in [5.74, 6) is 2.67. The fraction of sp³-hybridized carbons (Fsp3) is 0.375. The Morgan fingerprint density at radius 1 is 0.744 bits per heavy atom. The van der Waals surface area contributed by atoms with Crippen LogP contribution in [0.4, 0.5) is 0 Å². The van der Waals surface area contributed by atoms with Gasteiger partial charge in [-0.1, -0.05) is 79.3 Å². The molecule has 2 aromatic heterocycles. The van der Waals surface area contributed by atoms with Crippen molar-refractivity contribution in [3.05, 3.63) is 78.8 Å². The monoisotopic (exact) mass is 520 g/mol. The van der Waals surface area contributed by atoms with E-state index in [2.05, 4.69) is 0 Å². The van der Waals surface area contributed by atoms with Gasteiger partial charge in [-0.25, -0.2) is 15.0 Å². The number of pyridine rings is 1. The maximum absolute atomic E-state index is 8.28. The first-order valence-corrected chi connectivity index (χ1v) is 13.8. The average Bonchev–Trinajstić information content (AvgIpc) is 2.97. The van der Waals surface area contributed by atoms with Crippen LogP contribution in [0.2, 0.25) is 0 Å². The van der Waals surface area contributed by atoms with Gasteiger partial charge < -0.3 is 9.76 Å². The minimum atomic E-state index is -0.716. The standard InChI is InChI=1S/C32H36BN4O2/c1-31(2,38)32(3,4)39-33-26-18-15-22(16-19-26)27-20-17-25(21-34-27)30-36-28(23-11-7-5-8-12-23)35-29(37-30)24-13-9-6-10-14-24/h5,7-8,11-12,15-21,24,38H,6,9-10,13-14H2,1-4H3/p+1. The zero-order valence-corrected chi connectivity index (χ0v) is 23.3. The molecule has 1 aliphatic rings. The molecule has 0 aliphatic heterocycles. The van der Waals surface area contributed by atoms with Crippen LogP contribution in [-0.4, -0.2) is 43.7 Å². The molecule has 2 heterocycles. The van der Waals surface area contributed by atoms with Crippen LogP contribution in [0.1, 0.15) is 71.5 Å². The molecule has 1 aliphatic carbocycles. The van der Waals surface area contributed by atoms with E-state index in [9.17, 15) is 0 Å². The van der Waals surface area contributed by atoms with E-state index in [-0.39, 0.29) is 0 Å². The zero-order chi connectivity index (χ0) is 27.5. The second-order valence-corrected chi connectivity index (χ2v) is 11.5. The van der Waals surface area contributed by atoms with Gasteiger partial charge in [0.2, 0.25) is 0 Å². The van der Waals surface area contributed by atoms with Gasteiger partial charge in [0.1, 0.15) is 11.4 Å². The molecule has 199 valence electrons. The third-order valence-electron chi connectivity index (χ3n) is 7.88. The Balaban J connectivity index is 1.37. The molecule has 0 bridgehead atoms. The van der Waals surface area contributed by atoms with E-state index in [4.69, 9.17) is 29.7 Å². The second kappa shape index (κ2) is 11.4. The van der Waals surface area contributed by atoms with Gasteiger partial charge >= 0.3 is 7.48 Å². The first-order chi connectivity index (χ1) is 18.7. The maximum Gasteiger partial charge on any atom is 0.331 e. The zero-order valence-electron chi connectivity index (χ0n) is 23.3. The van der Waals surface area contributed by atoms with Crippen molar-refractivity contribution >= 4 is 12.9 Å².